The molecule has 0 unspecified atom stereocenters. The summed E-state index contributed by atoms with van der Waals surface area (Å²) < 4.78 is 6.67. The molecule has 5 heteroatoms. The summed E-state index contributed by atoms with van der Waals surface area (Å²) in [4.78, 5) is 17.2. The molecule has 1 N–H and O–H groups in total. The molecule has 0 radical (unpaired) electrons. The Bertz CT molecular complexity index is 1080. The molecule has 0 atom stereocenters. The molecule has 0 aliphatic heterocycles. The normalized spacial score (nSPS) is 11.1. The molecule has 2 aromatic heterocycles. The van der Waals surface area contributed by atoms with Gasteiger partial charge in [0.15, 0.2) is 5.65 Å². The molecule has 130 valence electrons. The molecule has 26 heavy (non-hydrogen) atoms. The zero-order valence-electron chi connectivity index (χ0n) is 14.5. The lowest BCUT2D eigenvalue weighted by molar-refractivity contribution is 0.181. The minimum absolute atomic E-state index is 0.140. The van der Waals surface area contributed by atoms with Crippen LogP contribution in [0.4, 0.5) is 0 Å². The highest BCUT2D eigenvalue weighted by molar-refractivity contribution is 5.80. The third-order valence-corrected chi connectivity index (χ3v) is 4.32. The molecule has 0 bridgehead atoms. The summed E-state index contributed by atoms with van der Waals surface area (Å²) in [6.45, 7) is 0.305. The van der Waals surface area contributed by atoms with Crippen molar-refractivity contribution in [3.8, 4) is 11.1 Å². The molecule has 4 aromatic rings. The van der Waals surface area contributed by atoms with Gasteiger partial charge in [-0.05, 0) is 11.1 Å². The van der Waals surface area contributed by atoms with Crippen LogP contribution >= 0.6 is 0 Å². The maximum atomic E-state index is 12.6. The lowest BCUT2D eigenvalue weighted by Crippen LogP contribution is -2.16. The highest BCUT2D eigenvalue weighted by atomic mass is 16.5. The van der Waals surface area contributed by atoms with Gasteiger partial charge in [-0.25, -0.2) is 9.50 Å². The van der Waals surface area contributed by atoms with Gasteiger partial charge in [0, 0.05) is 30.9 Å². The van der Waals surface area contributed by atoms with E-state index in [1.165, 1.54) is 16.1 Å². The zero-order chi connectivity index (χ0) is 17.9. The summed E-state index contributed by atoms with van der Waals surface area (Å²) in [5, 5.41) is 3.25. The van der Waals surface area contributed by atoms with E-state index < -0.39 is 0 Å². The second kappa shape index (κ2) is 6.98. The Morgan fingerprint density at radius 2 is 1.73 bits per heavy atom. The first-order valence-electron chi connectivity index (χ1n) is 8.48. The summed E-state index contributed by atoms with van der Waals surface area (Å²) in [7, 11) is 1.60. The molecular weight excluding hydrogens is 326 g/mol. The summed E-state index contributed by atoms with van der Waals surface area (Å²) in [6.07, 6.45) is 0.688. The van der Waals surface area contributed by atoms with E-state index in [9.17, 15) is 4.79 Å². The fourth-order valence-electron chi connectivity index (χ4n) is 3.19. The standard InChI is InChI=1S/C21H19N3O2/c1-26-14-17-13-19(25)24-21(22-17)20(16-10-6-3-7-11-16)18(23-24)12-15-8-4-2-5-9-15/h2-11,13,23H,12,14H2,1H3. The number of hydrogen-bond acceptors (Lipinski definition) is 3. The molecule has 2 heterocycles. The van der Waals surface area contributed by atoms with Crippen LogP contribution in [0.3, 0.4) is 0 Å². The smallest absolute Gasteiger partial charge is 0.273 e. The number of nitrogens with one attached hydrogen (secondary N) is 1. The van der Waals surface area contributed by atoms with Gasteiger partial charge in [0.1, 0.15) is 0 Å². The van der Waals surface area contributed by atoms with Crippen molar-refractivity contribution in [2.24, 2.45) is 0 Å². The van der Waals surface area contributed by atoms with Gasteiger partial charge in [-0.15, -0.1) is 0 Å². The topological polar surface area (TPSA) is 59.4 Å². The van der Waals surface area contributed by atoms with E-state index in [4.69, 9.17) is 4.74 Å². The van der Waals surface area contributed by atoms with Gasteiger partial charge in [0.05, 0.1) is 12.3 Å². The molecule has 0 aliphatic rings. The van der Waals surface area contributed by atoms with Gasteiger partial charge in [-0.3, -0.25) is 9.89 Å². The van der Waals surface area contributed by atoms with Crippen LogP contribution in [0.1, 0.15) is 17.0 Å². The van der Waals surface area contributed by atoms with Crippen molar-refractivity contribution in [1.29, 1.82) is 0 Å². The number of nitrogens with zero attached hydrogens (tertiary/aromatic N) is 2. The molecule has 2 aromatic carbocycles. The van der Waals surface area contributed by atoms with Crippen molar-refractivity contribution in [3.63, 3.8) is 0 Å². The monoisotopic (exact) mass is 345 g/mol. The first kappa shape index (κ1) is 16.3. The Balaban J connectivity index is 1.95. The Hall–Kier alpha value is -3.18. The predicted octanol–water partition coefficient (Wildman–Crippen LogP) is 3.43. The van der Waals surface area contributed by atoms with E-state index in [-0.39, 0.29) is 5.56 Å². The largest absolute Gasteiger partial charge is 0.378 e. The highest BCUT2D eigenvalue weighted by Gasteiger charge is 2.17. The second-order valence-corrected chi connectivity index (χ2v) is 6.17. The van der Waals surface area contributed by atoms with Crippen molar-refractivity contribution in [2.45, 2.75) is 13.0 Å². The Morgan fingerprint density at radius 1 is 1.04 bits per heavy atom. The van der Waals surface area contributed by atoms with E-state index in [0.717, 1.165) is 16.8 Å². The molecular formula is C21H19N3O2. The molecule has 0 saturated carbocycles. The molecule has 0 amide bonds. The first-order chi connectivity index (χ1) is 12.8. The third kappa shape index (κ3) is 3.05. The highest BCUT2D eigenvalue weighted by Crippen LogP contribution is 2.28. The van der Waals surface area contributed by atoms with Crippen LogP contribution in [0.25, 0.3) is 16.8 Å². The summed E-state index contributed by atoms with van der Waals surface area (Å²) >= 11 is 0. The number of H-pyrrole nitrogens is 1. The van der Waals surface area contributed by atoms with Crippen LogP contribution in [-0.2, 0) is 17.8 Å². The van der Waals surface area contributed by atoms with Crippen molar-refractivity contribution < 1.29 is 4.74 Å². The quantitative estimate of drug-likeness (QED) is 0.603. The van der Waals surface area contributed by atoms with Gasteiger partial charge in [0.25, 0.3) is 5.56 Å². The van der Waals surface area contributed by atoms with Crippen molar-refractivity contribution in [1.82, 2.24) is 14.6 Å². The van der Waals surface area contributed by atoms with Crippen molar-refractivity contribution >= 4 is 5.65 Å². The Labute approximate surface area is 150 Å². The van der Waals surface area contributed by atoms with Crippen LogP contribution in [-0.4, -0.2) is 21.7 Å². The van der Waals surface area contributed by atoms with Crippen molar-refractivity contribution in [2.75, 3.05) is 7.11 Å². The third-order valence-electron chi connectivity index (χ3n) is 4.32. The van der Waals surface area contributed by atoms with Crippen LogP contribution < -0.4 is 5.56 Å². The SMILES string of the molecule is COCc1cc(=O)n2[nH]c(Cc3ccccc3)c(-c3ccccc3)c2n1. The van der Waals surface area contributed by atoms with Gasteiger partial charge >= 0.3 is 0 Å². The Kier molecular flexibility index (Phi) is 4.37. The predicted molar refractivity (Wildman–Crippen MR) is 101 cm³/mol. The van der Waals surface area contributed by atoms with E-state index in [0.29, 0.717) is 24.4 Å². The summed E-state index contributed by atoms with van der Waals surface area (Å²) in [5.41, 5.74) is 5.21. The number of aromatic nitrogens is 3. The second-order valence-electron chi connectivity index (χ2n) is 6.17. The van der Waals surface area contributed by atoms with E-state index in [1.54, 1.807) is 7.11 Å². The molecule has 0 saturated heterocycles. The maximum Gasteiger partial charge on any atom is 0.273 e. The minimum atomic E-state index is -0.140. The number of ether oxygens (including phenoxy) is 1. The van der Waals surface area contributed by atoms with E-state index >= 15 is 0 Å². The number of benzene rings is 2. The fourth-order valence-corrected chi connectivity index (χ4v) is 3.19. The van der Waals surface area contributed by atoms with E-state index in [1.807, 2.05) is 48.5 Å². The van der Waals surface area contributed by atoms with E-state index in [2.05, 4.69) is 22.2 Å². The van der Waals surface area contributed by atoms with Crippen LogP contribution in [0.5, 0.6) is 0 Å². The average Bonchev–Trinajstić information content (AvgIpc) is 3.02. The molecule has 0 aliphatic carbocycles. The van der Waals surface area contributed by atoms with Crippen molar-refractivity contribution in [3.05, 3.63) is 94.0 Å². The minimum Gasteiger partial charge on any atom is -0.378 e. The number of aromatic amines is 1. The number of methoxy groups -OCH3 is 1. The van der Waals surface area contributed by atoms with Gasteiger partial charge < -0.3 is 4.74 Å². The van der Waals surface area contributed by atoms with Gasteiger partial charge in [-0.2, -0.15) is 0 Å². The lowest BCUT2D eigenvalue weighted by Gasteiger charge is -2.05. The number of fused-ring (bicyclic) bond motifs is 1. The first-order valence-corrected chi connectivity index (χ1v) is 8.48. The molecule has 0 spiro atoms. The molecule has 4 rings (SSSR count). The average molecular weight is 345 g/mol. The zero-order valence-corrected chi connectivity index (χ0v) is 14.5. The van der Waals surface area contributed by atoms with Gasteiger partial charge in [0.2, 0.25) is 0 Å². The fraction of sp³-hybridized carbons (Fsp3) is 0.143. The van der Waals surface area contributed by atoms with Crippen LogP contribution in [0.2, 0.25) is 0 Å². The lowest BCUT2D eigenvalue weighted by atomic mass is 10.0. The summed E-state index contributed by atoms with van der Waals surface area (Å²) in [5.74, 6) is 0. The Morgan fingerprint density at radius 3 is 2.42 bits per heavy atom. The maximum absolute atomic E-state index is 12.6. The molecule has 0 fully saturated rings. The van der Waals surface area contributed by atoms with Crippen LogP contribution in [0.15, 0.2) is 71.5 Å². The summed E-state index contributed by atoms with van der Waals surface area (Å²) in [6, 6.07) is 21.7. The van der Waals surface area contributed by atoms with Crippen LogP contribution in [0, 0.1) is 0 Å². The van der Waals surface area contributed by atoms with Gasteiger partial charge in [-0.1, -0.05) is 60.7 Å². The number of hydrogen-bond donors (Lipinski definition) is 1. The number of rotatable bonds is 5. The molecule has 5 nitrogen and oxygen atoms in total.